The summed E-state index contributed by atoms with van der Waals surface area (Å²) < 4.78 is 6.99. The van der Waals surface area contributed by atoms with Crippen LogP contribution in [0.1, 0.15) is 15.2 Å². The van der Waals surface area contributed by atoms with Crippen LogP contribution in [0.15, 0.2) is 83.6 Å². The summed E-state index contributed by atoms with van der Waals surface area (Å²) in [7, 11) is 1.60. The lowest BCUT2D eigenvalue weighted by Crippen LogP contribution is -2.22. The lowest BCUT2D eigenvalue weighted by molar-refractivity contribution is -0.113. The number of aromatic nitrogens is 2. The number of carbonyl (C=O) groups is 2. The zero-order valence-electron chi connectivity index (χ0n) is 17.9. The zero-order valence-corrected chi connectivity index (χ0v) is 19.5. The number of benzene rings is 2. The van der Waals surface area contributed by atoms with Crippen LogP contribution >= 0.6 is 23.1 Å². The molecular formula is C24H22N4O3S2. The van der Waals surface area contributed by atoms with Gasteiger partial charge in [0.05, 0.1) is 19.4 Å². The van der Waals surface area contributed by atoms with Crippen molar-refractivity contribution in [2.75, 3.05) is 18.2 Å². The topological polar surface area (TPSA) is 85.2 Å². The third kappa shape index (κ3) is 6.03. The van der Waals surface area contributed by atoms with E-state index in [2.05, 4.69) is 15.6 Å². The monoisotopic (exact) mass is 478 g/mol. The number of imidazole rings is 1. The maximum atomic E-state index is 12.6. The van der Waals surface area contributed by atoms with Crippen molar-refractivity contribution in [3.05, 3.63) is 88.9 Å². The average Bonchev–Trinajstić information content (AvgIpc) is 3.54. The van der Waals surface area contributed by atoms with Crippen LogP contribution in [-0.2, 0) is 11.3 Å². The largest absolute Gasteiger partial charge is 0.497 e. The van der Waals surface area contributed by atoms with Crippen LogP contribution in [0, 0.1) is 0 Å². The van der Waals surface area contributed by atoms with Crippen molar-refractivity contribution < 1.29 is 14.3 Å². The van der Waals surface area contributed by atoms with Gasteiger partial charge in [0.1, 0.15) is 5.75 Å². The second-order valence-electron chi connectivity index (χ2n) is 6.96. The predicted molar refractivity (Wildman–Crippen MR) is 131 cm³/mol. The number of carbonyl (C=O) groups excluding carboxylic acids is 2. The molecule has 0 aliphatic carbocycles. The minimum absolute atomic E-state index is 0.138. The van der Waals surface area contributed by atoms with E-state index in [1.165, 1.54) is 11.8 Å². The van der Waals surface area contributed by atoms with Gasteiger partial charge in [-0.25, -0.2) is 4.98 Å². The van der Waals surface area contributed by atoms with Gasteiger partial charge >= 0.3 is 0 Å². The van der Waals surface area contributed by atoms with Gasteiger partial charge < -0.3 is 15.4 Å². The van der Waals surface area contributed by atoms with Crippen molar-refractivity contribution in [2.24, 2.45) is 0 Å². The van der Waals surface area contributed by atoms with Crippen molar-refractivity contribution in [3.63, 3.8) is 0 Å². The summed E-state index contributed by atoms with van der Waals surface area (Å²) >= 11 is 2.93. The molecule has 7 nitrogen and oxygen atoms in total. The lowest BCUT2D eigenvalue weighted by atomic mass is 10.2. The van der Waals surface area contributed by atoms with E-state index in [-0.39, 0.29) is 17.6 Å². The number of rotatable bonds is 9. The molecule has 0 atom stereocenters. The van der Waals surface area contributed by atoms with Gasteiger partial charge in [0.15, 0.2) is 5.16 Å². The summed E-state index contributed by atoms with van der Waals surface area (Å²) in [6.45, 7) is 0.496. The second-order valence-corrected chi connectivity index (χ2v) is 8.93. The molecule has 0 aliphatic rings. The van der Waals surface area contributed by atoms with Gasteiger partial charge in [-0.05, 0) is 53.9 Å². The third-order valence-electron chi connectivity index (χ3n) is 4.70. The first-order valence-corrected chi connectivity index (χ1v) is 12.0. The molecule has 2 N–H and O–H groups in total. The molecule has 0 bridgehead atoms. The molecule has 0 saturated carbocycles. The number of anilines is 1. The number of methoxy groups -OCH3 is 1. The van der Waals surface area contributed by atoms with Crippen LogP contribution < -0.4 is 15.4 Å². The Labute approximate surface area is 199 Å². The first-order valence-electron chi connectivity index (χ1n) is 10.1. The summed E-state index contributed by atoms with van der Waals surface area (Å²) in [6, 6.07) is 18.4. The van der Waals surface area contributed by atoms with E-state index in [4.69, 9.17) is 4.74 Å². The Bertz CT molecular complexity index is 1220. The highest BCUT2D eigenvalue weighted by Crippen LogP contribution is 2.22. The third-order valence-corrected chi connectivity index (χ3v) is 6.55. The number of nitrogens with one attached hydrogen (secondary N) is 2. The highest BCUT2D eigenvalue weighted by Gasteiger charge is 2.12. The molecule has 2 amide bonds. The number of amides is 2. The Morgan fingerprint density at radius 3 is 2.73 bits per heavy atom. The molecule has 168 valence electrons. The fourth-order valence-corrected chi connectivity index (χ4v) is 4.49. The molecule has 0 fully saturated rings. The van der Waals surface area contributed by atoms with Gasteiger partial charge in [-0.2, -0.15) is 0 Å². The van der Waals surface area contributed by atoms with E-state index in [1.54, 1.807) is 55.0 Å². The van der Waals surface area contributed by atoms with E-state index in [0.29, 0.717) is 23.0 Å². The van der Waals surface area contributed by atoms with Gasteiger partial charge in [-0.3, -0.25) is 14.2 Å². The van der Waals surface area contributed by atoms with Crippen LogP contribution in [0.3, 0.4) is 0 Å². The lowest BCUT2D eigenvalue weighted by Gasteiger charge is -2.10. The maximum Gasteiger partial charge on any atom is 0.251 e. The maximum absolute atomic E-state index is 12.6. The van der Waals surface area contributed by atoms with E-state index < -0.39 is 0 Å². The highest BCUT2D eigenvalue weighted by molar-refractivity contribution is 7.99. The van der Waals surface area contributed by atoms with Crippen molar-refractivity contribution >= 4 is 40.6 Å². The normalized spacial score (nSPS) is 10.6. The smallest absolute Gasteiger partial charge is 0.251 e. The number of thiophene rings is 1. The molecular weight excluding hydrogens is 456 g/mol. The Kier molecular flexibility index (Phi) is 7.43. The number of thioether (sulfide) groups is 1. The van der Waals surface area contributed by atoms with Crippen molar-refractivity contribution in [3.8, 4) is 11.4 Å². The highest BCUT2D eigenvalue weighted by atomic mass is 32.2. The van der Waals surface area contributed by atoms with E-state index in [9.17, 15) is 9.59 Å². The summed E-state index contributed by atoms with van der Waals surface area (Å²) in [6.07, 6.45) is 3.49. The first kappa shape index (κ1) is 22.6. The van der Waals surface area contributed by atoms with E-state index in [1.807, 2.05) is 46.5 Å². The number of hydrogen-bond donors (Lipinski definition) is 2. The summed E-state index contributed by atoms with van der Waals surface area (Å²) in [5, 5.41) is 8.45. The summed E-state index contributed by atoms with van der Waals surface area (Å²) in [4.78, 5) is 30.4. The summed E-state index contributed by atoms with van der Waals surface area (Å²) in [5.41, 5.74) is 2.06. The van der Waals surface area contributed by atoms with Crippen LogP contribution in [0.5, 0.6) is 5.75 Å². The number of hydrogen-bond acceptors (Lipinski definition) is 6. The molecule has 0 unspecified atom stereocenters. The molecule has 2 aromatic heterocycles. The van der Waals surface area contributed by atoms with Gasteiger partial charge in [-0.15, -0.1) is 11.3 Å². The quantitative estimate of drug-likeness (QED) is 0.343. The molecule has 4 aromatic rings. The Morgan fingerprint density at radius 1 is 1.12 bits per heavy atom. The Morgan fingerprint density at radius 2 is 1.97 bits per heavy atom. The van der Waals surface area contributed by atoms with Crippen LogP contribution in [0.4, 0.5) is 5.69 Å². The zero-order chi connectivity index (χ0) is 23.0. The van der Waals surface area contributed by atoms with E-state index >= 15 is 0 Å². The second kappa shape index (κ2) is 10.8. The minimum Gasteiger partial charge on any atom is -0.497 e. The Balaban J connectivity index is 1.37. The molecule has 9 heteroatoms. The fourth-order valence-electron chi connectivity index (χ4n) is 3.07. The first-order chi connectivity index (χ1) is 16.1. The number of nitrogens with zero attached hydrogens (tertiary/aromatic N) is 2. The average molecular weight is 479 g/mol. The van der Waals surface area contributed by atoms with Crippen molar-refractivity contribution in [2.45, 2.75) is 11.7 Å². The fraction of sp³-hybridized carbons (Fsp3) is 0.125. The van der Waals surface area contributed by atoms with Crippen LogP contribution in [0.2, 0.25) is 0 Å². The molecule has 33 heavy (non-hydrogen) atoms. The van der Waals surface area contributed by atoms with Crippen molar-refractivity contribution in [1.29, 1.82) is 0 Å². The Hall–Kier alpha value is -3.56. The van der Waals surface area contributed by atoms with Gasteiger partial charge in [0.2, 0.25) is 5.91 Å². The van der Waals surface area contributed by atoms with Crippen molar-refractivity contribution in [1.82, 2.24) is 14.9 Å². The molecule has 0 radical (unpaired) electrons. The minimum atomic E-state index is -0.140. The molecule has 0 aliphatic heterocycles. The molecule has 2 aromatic carbocycles. The van der Waals surface area contributed by atoms with Gasteiger partial charge in [0, 0.05) is 34.2 Å². The standard InChI is InChI=1S/C24H22N4O3S2/c1-31-20-9-7-18(8-10-20)27-22(29)16-33-24-25-11-12-28(24)19-5-2-4-17(14-19)23(30)26-15-21-6-3-13-32-21/h2-14H,15-16H2,1H3,(H,26,30)(H,27,29). The predicted octanol–water partition coefficient (Wildman–Crippen LogP) is 4.60. The molecule has 2 heterocycles. The number of ether oxygens (including phenoxy) is 1. The van der Waals surface area contributed by atoms with E-state index in [0.717, 1.165) is 16.3 Å². The van der Waals surface area contributed by atoms with Crippen LogP contribution in [-0.4, -0.2) is 34.2 Å². The van der Waals surface area contributed by atoms with Crippen LogP contribution in [0.25, 0.3) is 5.69 Å². The van der Waals surface area contributed by atoms with Gasteiger partial charge in [0.25, 0.3) is 5.91 Å². The SMILES string of the molecule is COc1ccc(NC(=O)CSc2nccn2-c2cccc(C(=O)NCc3cccs3)c2)cc1. The summed E-state index contributed by atoms with van der Waals surface area (Å²) in [5.74, 6) is 0.649. The molecule has 4 rings (SSSR count). The van der Waals surface area contributed by atoms with Gasteiger partial charge in [-0.1, -0.05) is 23.9 Å². The molecule has 0 spiro atoms. The molecule has 0 saturated heterocycles.